The van der Waals surface area contributed by atoms with Gasteiger partial charge in [0.15, 0.2) is 0 Å². The van der Waals surface area contributed by atoms with Crippen LogP contribution in [0.25, 0.3) is 0 Å². The van der Waals surface area contributed by atoms with Crippen molar-refractivity contribution < 1.29 is 5.11 Å². The Labute approximate surface area is 54.0 Å². The van der Waals surface area contributed by atoms with Crippen molar-refractivity contribution in [2.45, 2.75) is 11.4 Å². The molecule has 0 fully saturated rings. The van der Waals surface area contributed by atoms with Crippen LogP contribution >= 0.6 is 31.9 Å². The van der Waals surface area contributed by atoms with E-state index in [0.717, 1.165) is 0 Å². The van der Waals surface area contributed by atoms with E-state index in [4.69, 9.17) is 5.11 Å². The smallest absolute Gasteiger partial charge is 0.126 e. The highest BCUT2D eigenvalue weighted by molar-refractivity contribution is 9.12. The SMILES string of the molecule is C[C@@](O)(Br)CBr. The number of hydrogen-bond donors (Lipinski definition) is 1. The predicted molar refractivity (Wildman–Crippen MR) is 33.3 cm³/mol. The molecule has 0 rings (SSSR count). The molecule has 0 aromatic heterocycles. The topological polar surface area (TPSA) is 20.2 Å². The zero-order chi connectivity index (χ0) is 5.21. The monoisotopic (exact) mass is 216 g/mol. The lowest BCUT2D eigenvalue weighted by Gasteiger charge is -2.07. The number of rotatable bonds is 1. The maximum absolute atomic E-state index is 8.70. The maximum Gasteiger partial charge on any atom is 0.126 e. The maximum atomic E-state index is 8.70. The Balaban J connectivity index is 3.17. The molecular formula is C3H6Br2O. The first-order valence-electron chi connectivity index (χ1n) is 1.53. The van der Waals surface area contributed by atoms with Crippen LogP contribution in [0.5, 0.6) is 0 Å². The molecule has 0 radical (unpaired) electrons. The van der Waals surface area contributed by atoms with Gasteiger partial charge in [0, 0.05) is 5.33 Å². The minimum absolute atomic E-state index is 0.556. The second-order valence-electron chi connectivity index (χ2n) is 1.28. The van der Waals surface area contributed by atoms with Gasteiger partial charge in [-0.1, -0.05) is 31.9 Å². The first-order chi connectivity index (χ1) is 2.56. The number of hydrogen-bond acceptors (Lipinski definition) is 1. The zero-order valence-electron chi connectivity index (χ0n) is 3.41. The lowest BCUT2D eigenvalue weighted by molar-refractivity contribution is 0.193. The summed E-state index contributed by atoms with van der Waals surface area (Å²) < 4.78 is -0.729. The van der Waals surface area contributed by atoms with Gasteiger partial charge in [0.05, 0.1) is 0 Å². The van der Waals surface area contributed by atoms with E-state index in [1.165, 1.54) is 0 Å². The Kier molecular flexibility index (Phi) is 2.63. The molecule has 1 N–H and O–H groups in total. The van der Waals surface area contributed by atoms with Crippen molar-refractivity contribution in [1.29, 1.82) is 0 Å². The minimum Gasteiger partial charge on any atom is -0.378 e. The summed E-state index contributed by atoms with van der Waals surface area (Å²) in [6.07, 6.45) is 0. The fourth-order valence-corrected chi connectivity index (χ4v) is 0. The normalized spacial score (nSPS) is 20.0. The third kappa shape index (κ3) is 4.92. The molecule has 0 amide bonds. The zero-order valence-corrected chi connectivity index (χ0v) is 6.58. The highest BCUT2D eigenvalue weighted by Crippen LogP contribution is 2.13. The van der Waals surface area contributed by atoms with Crippen molar-refractivity contribution in [3.05, 3.63) is 0 Å². The first kappa shape index (κ1) is 6.92. The van der Waals surface area contributed by atoms with E-state index in [1.54, 1.807) is 6.92 Å². The fourth-order valence-electron chi connectivity index (χ4n) is 0. The summed E-state index contributed by atoms with van der Waals surface area (Å²) in [7, 11) is 0. The van der Waals surface area contributed by atoms with Crippen LogP contribution in [-0.2, 0) is 0 Å². The van der Waals surface area contributed by atoms with Gasteiger partial charge in [0.25, 0.3) is 0 Å². The van der Waals surface area contributed by atoms with Crippen molar-refractivity contribution in [1.82, 2.24) is 0 Å². The Morgan fingerprint density at radius 2 is 2.00 bits per heavy atom. The molecule has 0 aromatic rings. The summed E-state index contributed by atoms with van der Waals surface area (Å²) in [6.45, 7) is 1.67. The third-order valence-electron chi connectivity index (χ3n) is 0.244. The van der Waals surface area contributed by atoms with Gasteiger partial charge >= 0.3 is 0 Å². The summed E-state index contributed by atoms with van der Waals surface area (Å²) in [5.41, 5.74) is 0. The van der Waals surface area contributed by atoms with Gasteiger partial charge in [-0.05, 0) is 6.92 Å². The highest BCUT2D eigenvalue weighted by Gasteiger charge is 2.10. The molecule has 0 unspecified atom stereocenters. The van der Waals surface area contributed by atoms with E-state index in [0.29, 0.717) is 5.33 Å². The average molecular weight is 218 g/mol. The number of halogens is 2. The number of alkyl halides is 2. The molecule has 6 heavy (non-hydrogen) atoms. The molecule has 38 valence electrons. The van der Waals surface area contributed by atoms with Crippen LogP contribution in [0, 0.1) is 0 Å². The van der Waals surface area contributed by atoms with Crippen LogP contribution in [0.15, 0.2) is 0 Å². The molecule has 0 bridgehead atoms. The lowest BCUT2D eigenvalue weighted by atomic mass is 10.5. The number of aliphatic hydroxyl groups is 1. The van der Waals surface area contributed by atoms with E-state index in [2.05, 4.69) is 31.9 Å². The molecule has 0 heterocycles. The van der Waals surface area contributed by atoms with Crippen molar-refractivity contribution in [2.75, 3.05) is 5.33 Å². The van der Waals surface area contributed by atoms with E-state index < -0.39 is 4.51 Å². The standard InChI is InChI=1S/C3H6Br2O/c1-3(5,6)2-4/h6H,2H2,1H3/t3-/m0/s1. The van der Waals surface area contributed by atoms with Gasteiger partial charge in [-0.2, -0.15) is 0 Å². The Bertz CT molecular complexity index is 38.5. The van der Waals surface area contributed by atoms with E-state index >= 15 is 0 Å². The Morgan fingerprint density at radius 1 is 1.83 bits per heavy atom. The largest absolute Gasteiger partial charge is 0.378 e. The minimum atomic E-state index is -0.729. The lowest BCUT2D eigenvalue weighted by Crippen LogP contribution is -2.14. The van der Waals surface area contributed by atoms with Crippen molar-refractivity contribution in [3.63, 3.8) is 0 Å². The Hall–Kier alpha value is 0.920. The molecule has 0 saturated heterocycles. The van der Waals surface area contributed by atoms with E-state index in [1.807, 2.05) is 0 Å². The van der Waals surface area contributed by atoms with Crippen molar-refractivity contribution in [2.24, 2.45) is 0 Å². The molecule has 3 heteroatoms. The van der Waals surface area contributed by atoms with Gasteiger partial charge in [-0.3, -0.25) is 0 Å². The molecule has 0 spiro atoms. The summed E-state index contributed by atoms with van der Waals surface area (Å²) in [4.78, 5) is 0. The molecule has 0 aromatic carbocycles. The predicted octanol–water partition coefficient (Wildman–Crippen LogP) is 1.48. The summed E-state index contributed by atoms with van der Waals surface area (Å²) in [5, 5.41) is 9.25. The van der Waals surface area contributed by atoms with Crippen LogP contribution in [0.1, 0.15) is 6.92 Å². The van der Waals surface area contributed by atoms with Gasteiger partial charge in [-0.15, -0.1) is 0 Å². The molecule has 0 aliphatic carbocycles. The average Bonchev–Trinajstić information content (AvgIpc) is 1.35. The van der Waals surface area contributed by atoms with Crippen LogP contribution in [-0.4, -0.2) is 14.9 Å². The molecular weight excluding hydrogens is 212 g/mol. The van der Waals surface area contributed by atoms with Crippen molar-refractivity contribution in [3.8, 4) is 0 Å². The van der Waals surface area contributed by atoms with Gasteiger partial charge < -0.3 is 5.11 Å². The van der Waals surface area contributed by atoms with Crippen LogP contribution < -0.4 is 0 Å². The van der Waals surface area contributed by atoms with Crippen LogP contribution in [0.2, 0.25) is 0 Å². The second kappa shape index (κ2) is 2.28. The fraction of sp³-hybridized carbons (Fsp3) is 1.00. The van der Waals surface area contributed by atoms with Gasteiger partial charge in [0.2, 0.25) is 0 Å². The quantitative estimate of drug-likeness (QED) is 0.660. The molecule has 1 atom stereocenters. The summed E-state index contributed by atoms with van der Waals surface area (Å²) >= 11 is 6.06. The van der Waals surface area contributed by atoms with Crippen LogP contribution in [0.4, 0.5) is 0 Å². The molecule has 0 aliphatic heterocycles. The summed E-state index contributed by atoms with van der Waals surface area (Å²) in [6, 6.07) is 0. The van der Waals surface area contributed by atoms with E-state index in [-0.39, 0.29) is 0 Å². The van der Waals surface area contributed by atoms with Gasteiger partial charge in [-0.25, -0.2) is 0 Å². The summed E-state index contributed by atoms with van der Waals surface area (Å²) in [5.74, 6) is 0. The molecule has 0 saturated carbocycles. The first-order valence-corrected chi connectivity index (χ1v) is 3.45. The molecule has 1 nitrogen and oxygen atoms in total. The van der Waals surface area contributed by atoms with Crippen molar-refractivity contribution >= 4 is 31.9 Å². The molecule has 0 aliphatic rings. The third-order valence-corrected chi connectivity index (χ3v) is 2.37. The highest BCUT2D eigenvalue weighted by atomic mass is 79.9. The van der Waals surface area contributed by atoms with E-state index in [9.17, 15) is 0 Å². The van der Waals surface area contributed by atoms with Gasteiger partial charge in [0.1, 0.15) is 4.51 Å². The second-order valence-corrected chi connectivity index (χ2v) is 3.55. The van der Waals surface area contributed by atoms with Crippen LogP contribution in [0.3, 0.4) is 0 Å². The Morgan fingerprint density at radius 3 is 2.00 bits per heavy atom.